The van der Waals surface area contributed by atoms with Crippen LogP contribution in [0.15, 0.2) is 42.5 Å². The molecule has 3 nitrogen and oxygen atoms in total. The van der Waals surface area contributed by atoms with E-state index in [2.05, 4.69) is 4.98 Å². The highest BCUT2D eigenvalue weighted by atomic mass is 19.1. The molecule has 116 valence electrons. The van der Waals surface area contributed by atoms with E-state index in [0.717, 1.165) is 22.2 Å². The number of halogens is 2. The Morgan fingerprint density at radius 3 is 2.74 bits per heavy atom. The molecule has 0 radical (unpaired) electrons. The summed E-state index contributed by atoms with van der Waals surface area (Å²) in [6.07, 6.45) is 0.673. The zero-order valence-electron chi connectivity index (χ0n) is 12.3. The predicted molar refractivity (Wildman–Crippen MR) is 83.1 cm³/mol. The van der Waals surface area contributed by atoms with Gasteiger partial charge in [0.25, 0.3) is 5.91 Å². The average Bonchev–Trinajstić information content (AvgIpc) is 2.91. The normalized spacial score (nSPS) is 14.1. The number of aromatic amines is 1. The summed E-state index contributed by atoms with van der Waals surface area (Å²) in [5.41, 5.74) is 3.18. The summed E-state index contributed by atoms with van der Waals surface area (Å²) < 4.78 is 26.8. The molecular weight excluding hydrogens is 298 g/mol. The van der Waals surface area contributed by atoms with E-state index >= 15 is 0 Å². The molecule has 2 heterocycles. The van der Waals surface area contributed by atoms with Crippen molar-refractivity contribution >= 4 is 16.8 Å². The van der Waals surface area contributed by atoms with E-state index < -0.39 is 5.82 Å². The van der Waals surface area contributed by atoms with Crippen molar-refractivity contribution < 1.29 is 13.6 Å². The van der Waals surface area contributed by atoms with Crippen LogP contribution in [0.25, 0.3) is 10.9 Å². The number of nitrogens with zero attached hydrogens (tertiary/aromatic N) is 1. The van der Waals surface area contributed by atoms with Crippen LogP contribution in [0.1, 0.15) is 21.6 Å². The third kappa shape index (κ3) is 2.38. The van der Waals surface area contributed by atoms with Crippen molar-refractivity contribution in [1.29, 1.82) is 0 Å². The lowest BCUT2D eigenvalue weighted by molar-refractivity contribution is 0.0734. The van der Waals surface area contributed by atoms with E-state index in [1.807, 2.05) is 0 Å². The van der Waals surface area contributed by atoms with Gasteiger partial charge in [0.05, 0.1) is 0 Å². The molecule has 3 aromatic rings. The highest BCUT2D eigenvalue weighted by molar-refractivity contribution is 5.95. The maximum Gasteiger partial charge on any atom is 0.254 e. The summed E-state index contributed by atoms with van der Waals surface area (Å²) in [4.78, 5) is 17.5. The Morgan fingerprint density at radius 2 is 1.91 bits per heavy atom. The second kappa shape index (κ2) is 5.19. The first-order valence-electron chi connectivity index (χ1n) is 7.45. The fraction of sp³-hybridized carbons (Fsp3) is 0.167. The number of aromatic nitrogens is 1. The molecule has 23 heavy (non-hydrogen) atoms. The topological polar surface area (TPSA) is 36.1 Å². The van der Waals surface area contributed by atoms with Gasteiger partial charge in [0.15, 0.2) is 0 Å². The quantitative estimate of drug-likeness (QED) is 0.731. The first-order chi connectivity index (χ1) is 11.1. The summed E-state index contributed by atoms with van der Waals surface area (Å²) in [5, 5.41) is 0.803. The first kappa shape index (κ1) is 13.9. The van der Waals surface area contributed by atoms with Crippen LogP contribution in [0.4, 0.5) is 8.78 Å². The van der Waals surface area contributed by atoms with E-state index in [1.165, 1.54) is 30.3 Å². The molecule has 0 bridgehead atoms. The third-order valence-electron chi connectivity index (χ3n) is 4.30. The van der Waals surface area contributed by atoms with E-state index in [1.54, 1.807) is 17.0 Å². The molecule has 5 heteroatoms. The number of hydrogen-bond donors (Lipinski definition) is 1. The molecule has 0 saturated carbocycles. The molecule has 0 atom stereocenters. The molecule has 4 rings (SSSR count). The molecule has 1 amide bonds. The summed E-state index contributed by atoms with van der Waals surface area (Å²) in [5.74, 6) is -0.934. The van der Waals surface area contributed by atoms with Crippen molar-refractivity contribution in [2.24, 2.45) is 0 Å². The van der Waals surface area contributed by atoms with Gasteiger partial charge in [-0.05, 0) is 36.4 Å². The Bertz CT molecular complexity index is 917. The van der Waals surface area contributed by atoms with Gasteiger partial charge >= 0.3 is 0 Å². The SMILES string of the molecule is O=C(c1cccc(F)c1)N1CCc2[nH]c3ccc(F)cc3c2C1. The van der Waals surface area contributed by atoms with Crippen LogP contribution >= 0.6 is 0 Å². The molecule has 1 N–H and O–H groups in total. The van der Waals surface area contributed by atoms with Gasteiger partial charge in [-0.2, -0.15) is 0 Å². The molecule has 1 aromatic heterocycles. The Morgan fingerprint density at radius 1 is 1.09 bits per heavy atom. The fourth-order valence-corrected chi connectivity index (χ4v) is 3.16. The van der Waals surface area contributed by atoms with Crippen molar-refractivity contribution in [3.8, 4) is 0 Å². The maximum atomic E-state index is 13.5. The Balaban J connectivity index is 1.69. The van der Waals surface area contributed by atoms with Crippen LogP contribution in [-0.2, 0) is 13.0 Å². The van der Waals surface area contributed by atoms with E-state index in [0.29, 0.717) is 25.1 Å². The van der Waals surface area contributed by atoms with Crippen molar-refractivity contribution in [3.63, 3.8) is 0 Å². The van der Waals surface area contributed by atoms with Gasteiger partial charge in [-0.25, -0.2) is 8.78 Å². The van der Waals surface area contributed by atoms with Gasteiger partial charge in [0.2, 0.25) is 0 Å². The van der Waals surface area contributed by atoms with Crippen LogP contribution in [0.2, 0.25) is 0 Å². The van der Waals surface area contributed by atoms with Gasteiger partial charge in [-0.15, -0.1) is 0 Å². The third-order valence-corrected chi connectivity index (χ3v) is 4.30. The number of amides is 1. The summed E-state index contributed by atoms with van der Waals surface area (Å²) >= 11 is 0. The fourth-order valence-electron chi connectivity index (χ4n) is 3.16. The molecular formula is C18H14F2N2O. The van der Waals surface area contributed by atoms with E-state index in [9.17, 15) is 13.6 Å². The number of hydrogen-bond acceptors (Lipinski definition) is 1. The van der Waals surface area contributed by atoms with Crippen molar-refractivity contribution in [2.75, 3.05) is 6.54 Å². The van der Waals surface area contributed by atoms with Crippen LogP contribution in [0, 0.1) is 11.6 Å². The number of fused-ring (bicyclic) bond motifs is 3. The summed E-state index contributed by atoms with van der Waals surface area (Å²) in [7, 11) is 0. The number of rotatable bonds is 1. The van der Waals surface area contributed by atoms with Gasteiger partial charge in [-0.1, -0.05) is 6.07 Å². The van der Waals surface area contributed by atoms with E-state index in [4.69, 9.17) is 0 Å². The minimum absolute atomic E-state index is 0.207. The Labute approximate surface area is 131 Å². The Kier molecular flexibility index (Phi) is 3.15. The van der Waals surface area contributed by atoms with Crippen LogP contribution in [-0.4, -0.2) is 22.3 Å². The number of carbonyl (C=O) groups excluding carboxylic acids is 1. The first-order valence-corrected chi connectivity index (χ1v) is 7.45. The smallest absolute Gasteiger partial charge is 0.254 e. The highest BCUT2D eigenvalue weighted by Crippen LogP contribution is 2.29. The predicted octanol–water partition coefficient (Wildman–Crippen LogP) is 3.64. The number of nitrogens with one attached hydrogen (secondary N) is 1. The lowest BCUT2D eigenvalue weighted by atomic mass is 10.0. The van der Waals surface area contributed by atoms with Crippen molar-refractivity contribution in [3.05, 3.63) is 70.9 Å². The second-order valence-electron chi connectivity index (χ2n) is 5.76. The van der Waals surface area contributed by atoms with Gasteiger partial charge < -0.3 is 9.88 Å². The average molecular weight is 312 g/mol. The minimum Gasteiger partial charge on any atom is -0.358 e. The number of benzene rings is 2. The zero-order valence-corrected chi connectivity index (χ0v) is 12.3. The number of H-pyrrole nitrogens is 1. The van der Waals surface area contributed by atoms with Gasteiger partial charge in [0, 0.05) is 47.2 Å². The van der Waals surface area contributed by atoms with E-state index in [-0.39, 0.29) is 11.7 Å². The second-order valence-corrected chi connectivity index (χ2v) is 5.76. The van der Waals surface area contributed by atoms with Crippen LogP contribution in [0.3, 0.4) is 0 Å². The molecule has 1 aliphatic rings. The van der Waals surface area contributed by atoms with Crippen LogP contribution < -0.4 is 0 Å². The lowest BCUT2D eigenvalue weighted by Gasteiger charge is -2.27. The molecule has 0 unspecified atom stereocenters. The molecule has 1 aliphatic heterocycles. The summed E-state index contributed by atoms with van der Waals surface area (Å²) in [6.45, 7) is 0.950. The highest BCUT2D eigenvalue weighted by Gasteiger charge is 2.25. The maximum absolute atomic E-state index is 13.5. The van der Waals surface area contributed by atoms with Gasteiger partial charge in [-0.3, -0.25) is 4.79 Å². The summed E-state index contributed by atoms with van der Waals surface area (Å²) in [6, 6.07) is 10.3. The standard InChI is InChI=1S/C18H14F2N2O/c19-12-3-1-2-11(8-12)18(23)22-7-6-17-15(10-22)14-9-13(20)4-5-16(14)21-17/h1-5,8-9,21H,6-7,10H2. The molecule has 0 saturated heterocycles. The monoisotopic (exact) mass is 312 g/mol. The number of carbonyl (C=O) groups is 1. The van der Waals surface area contributed by atoms with Crippen molar-refractivity contribution in [1.82, 2.24) is 9.88 Å². The zero-order chi connectivity index (χ0) is 16.0. The van der Waals surface area contributed by atoms with Gasteiger partial charge in [0.1, 0.15) is 11.6 Å². The molecule has 0 fully saturated rings. The minimum atomic E-state index is -0.428. The molecule has 2 aromatic carbocycles. The largest absolute Gasteiger partial charge is 0.358 e. The molecule has 0 spiro atoms. The van der Waals surface area contributed by atoms with Crippen LogP contribution in [0.5, 0.6) is 0 Å². The lowest BCUT2D eigenvalue weighted by Crippen LogP contribution is -2.35. The van der Waals surface area contributed by atoms with Crippen molar-refractivity contribution in [2.45, 2.75) is 13.0 Å². The Hall–Kier alpha value is -2.69. The molecule has 0 aliphatic carbocycles.